The van der Waals surface area contributed by atoms with E-state index in [-0.39, 0.29) is 5.91 Å². The SMILES string of the molecule is Cc1ccc(-c2cc(C(=O)N/N=C3\CCCc4ccccc43)c3ccccc3n2)cc1. The van der Waals surface area contributed by atoms with E-state index in [2.05, 4.69) is 47.8 Å². The Labute approximate surface area is 181 Å². The Morgan fingerprint density at radius 1 is 0.935 bits per heavy atom. The zero-order chi connectivity index (χ0) is 21.2. The van der Waals surface area contributed by atoms with Gasteiger partial charge in [0.2, 0.25) is 0 Å². The second kappa shape index (κ2) is 8.15. The monoisotopic (exact) mass is 405 g/mol. The third-order valence-corrected chi connectivity index (χ3v) is 5.79. The number of carbonyl (C=O) groups is 1. The van der Waals surface area contributed by atoms with Crippen molar-refractivity contribution < 1.29 is 4.79 Å². The van der Waals surface area contributed by atoms with Crippen molar-refractivity contribution in [2.75, 3.05) is 0 Å². The minimum atomic E-state index is -0.220. The third-order valence-electron chi connectivity index (χ3n) is 5.79. The fraction of sp³-hybridized carbons (Fsp3) is 0.148. The first-order chi connectivity index (χ1) is 15.2. The average Bonchev–Trinajstić information content (AvgIpc) is 2.82. The lowest BCUT2D eigenvalue weighted by Gasteiger charge is -2.17. The molecule has 0 spiro atoms. The average molecular weight is 406 g/mol. The molecule has 4 aromatic rings. The molecule has 3 aromatic carbocycles. The van der Waals surface area contributed by atoms with Crippen molar-refractivity contribution in [3.8, 4) is 11.3 Å². The number of para-hydroxylation sites is 1. The molecule has 0 unspecified atom stereocenters. The van der Waals surface area contributed by atoms with Gasteiger partial charge in [-0.15, -0.1) is 0 Å². The number of benzene rings is 3. The zero-order valence-electron chi connectivity index (χ0n) is 17.4. The van der Waals surface area contributed by atoms with Gasteiger partial charge in [-0.05, 0) is 43.9 Å². The maximum Gasteiger partial charge on any atom is 0.272 e. The largest absolute Gasteiger partial charge is 0.272 e. The molecule has 1 N–H and O–H groups in total. The molecule has 1 amide bonds. The molecule has 5 rings (SSSR count). The third kappa shape index (κ3) is 3.84. The fourth-order valence-corrected chi connectivity index (χ4v) is 4.13. The first kappa shape index (κ1) is 19.2. The predicted octanol–water partition coefficient (Wildman–Crippen LogP) is 5.68. The molecule has 1 aliphatic carbocycles. The van der Waals surface area contributed by atoms with Gasteiger partial charge in [0.15, 0.2) is 0 Å². The van der Waals surface area contributed by atoms with Crippen LogP contribution in [0.15, 0.2) is 84.0 Å². The first-order valence-corrected chi connectivity index (χ1v) is 10.6. The van der Waals surface area contributed by atoms with Crippen LogP contribution in [0.5, 0.6) is 0 Å². The molecular formula is C27H23N3O. The minimum absolute atomic E-state index is 0.220. The number of carbonyl (C=O) groups excluding carboxylic acids is 1. The van der Waals surface area contributed by atoms with Gasteiger partial charge in [0.25, 0.3) is 5.91 Å². The van der Waals surface area contributed by atoms with E-state index in [9.17, 15) is 4.79 Å². The van der Waals surface area contributed by atoms with Gasteiger partial charge in [-0.1, -0.05) is 72.3 Å². The lowest BCUT2D eigenvalue weighted by Crippen LogP contribution is -2.22. The summed E-state index contributed by atoms with van der Waals surface area (Å²) >= 11 is 0. The van der Waals surface area contributed by atoms with E-state index in [1.54, 1.807) is 0 Å². The van der Waals surface area contributed by atoms with E-state index in [0.29, 0.717) is 5.56 Å². The Hall–Kier alpha value is -3.79. The van der Waals surface area contributed by atoms with Gasteiger partial charge < -0.3 is 0 Å². The van der Waals surface area contributed by atoms with E-state index in [1.165, 1.54) is 11.1 Å². The van der Waals surface area contributed by atoms with Crippen LogP contribution in [0.25, 0.3) is 22.2 Å². The molecule has 1 aromatic heterocycles. The summed E-state index contributed by atoms with van der Waals surface area (Å²) in [6.45, 7) is 2.05. The summed E-state index contributed by atoms with van der Waals surface area (Å²) < 4.78 is 0. The quantitative estimate of drug-likeness (QED) is 0.446. The predicted molar refractivity (Wildman–Crippen MR) is 125 cm³/mol. The summed E-state index contributed by atoms with van der Waals surface area (Å²) in [6.07, 6.45) is 2.96. The molecule has 0 saturated heterocycles. The molecule has 1 aliphatic rings. The molecule has 4 nitrogen and oxygen atoms in total. The van der Waals surface area contributed by atoms with Gasteiger partial charge in [-0.2, -0.15) is 5.10 Å². The van der Waals surface area contributed by atoms with E-state index in [4.69, 9.17) is 4.98 Å². The number of nitrogens with zero attached hydrogens (tertiary/aromatic N) is 2. The van der Waals surface area contributed by atoms with Gasteiger partial charge in [0.1, 0.15) is 0 Å². The van der Waals surface area contributed by atoms with Crippen LogP contribution in [0.4, 0.5) is 0 Å². The number of pyridine rings is 1. The van der Waals surface area contributed by atoms with Gasteiger partial charge >= 0.3 is 0 Å². The van der Waals surface area contributed by atoms with Crippen LogP contribution in [-0.4, -0.2) is 16.6 Å². The molecule has 0 saturated carbocycles. The molecule has 0 radical (unpaired) electrons. The number of rotatable bonds is 3. The van der Waals surface area contributed by atoms with Crippen molar-refractivity contribution in [3.05, 3.63) is 101 Å². The Balaban J connectivity index is 1.52. The molecule has 152 valence electrons. The number of nitrogens with one attached hydrogen (secondary N) is 1. The second-order valence-electron chi connectivity index (χ2n) is 7.95. The second-order valence-corrected chi connectivity index (χ2v) is 7.95. The van der Waals surface area contributed by atoms with Crippen molar-refractivity contribution in [2.45, 2.75) is 26.2 Å². The molecule has 1 heterocycles. The highest BCUT2D eigenvalue weighted by Crippen LogP contribution is 2.26. The molecular weight excluding hydrogens is 382 g/mol. The summed E-state index contributed by atoms with van der Waals surface area (Å²) in [5.41, 5.74) is 10.5. The van der Waals surface area contributed by atoms with E-state index in [1.807, 2.05) is 48.5 Å². The summed E-state index contributed by atoms with van der Waals surface area (Å²) in [5.74, 6) is -0.220. The number of hydrogen-bond donors (Lipinski definition) is 1. The summed E-state index contributed by atoms with van der Waals surface area (Å²) in [4.78, 5) is 18.0. The molecule has 4 heteroatoms. The fourth-order valence-electron chi connectivity index (χ4n) is 4.13. The Kier molecular flexibility index (Phi) is 5.04. The number of hydrogen-bond acceptors (Lipinski definition) is 3. The zero-order valence-corrected chi connectivity index (χ0v) is 17.4. The maximum atomic E-state index is 13.2. The Morgan fingerprint density at radius 2 is 1.71 bits per heavy atom. The van der Waals surface area contributed by atoms with Gasteiger partial charge in [0, 0.05) is 16.5 Å². The topological polar surface area (TPSA) is 54.4 Å². The van der Waals surface area contributed by atoms with E-state index >= 15 is 0 Å². The Morgan fingerprint density at radius 3 is 2.58 bits per heavy atom. The number of fused-ring (bicyclic) bond motifs is 2. The van der Waals surface area contributed by atoms with Crippen molar-refractivity contribution in [1.29, 1.82) is 0 Å². The number of amides is 1. The summed E-state index contributed by atoms with van der Waals surface area (Å²) in [6, 6.07) is 26.1. The van der Waals surface area contributed by atoms with E-state index < -0.39 is 0 Å². The van der Waals surface area contributed by atoms with Crippen LogP contribution in [0.2, 0.25) is 0 Å². The van der Waals surface area contributed by atoms with Gasteiger partial charge in [-0.3, -0.25) is 4.79 Å². The molecule has 31 heavy (non-hydrogen) atoms. The minimum Gasteiger partial charge on any atom is -0.267 e. The molecule has 0 bridgehead atoms. The van der Waals surface area contributed by atoms with Crippen molar-refractivity contribution >= 4 is 22.5 Å². The van der Waals surface area contributed by atoms with Crippen LogP contribution >= 0.6 is 0 Å². The van der Waals surface area contributed by atoms with Crippen LogP contribution < -0.4 is 5.43 Å². The molecule has 0 aliphatic heterocycles. The summed E-state index contributed by atoms with van der Waals surface area (Å²) in [7, 11) is 0. The van der Waals surface area contributed by atoms with Gasteiger partial charge in [0.05, 0.1) is 22.5 Å². The smallest absolute Gasteiger partial charge is 0.267 e. The van der Waals surface area contributed by atoms with E-state index in [0.717, 1.165) is 52.7 Å². The first-order valence-electron chi connectivity index (χ1n) is 10.6. The number of aryl methyl sites for hydroxylation is 2. The maximum absolute atomic E-state index is 13.2. The van der Waals surface area contributed by atoms with Crippen LogP contribution in [0, 0.1) is 6.92 Å². The lowest BCUT2D eigenvalue weighted by atomic mass is 9.90. The number of aromatic nitrogens is 1. The highest BCUT2D eigenvalue weighted by atomic mass is 16.2. The standard InChI is InChI=1S/C27H23N3O/c1-18-13-15-20(16-14-18)26-17-23(22-10-4-5-11-24(22)28-26)27(31)30-29-25-12-6-8-19-7-2-3-9-21(19)25/h2-5,7,9-11,13-17H,6,8,12H2,1H3,(H,30,31)/b29-25+. The number of hydrazone groups is 1. The highest BCUT2D eigenvalue weighted by Gasteiger charge is 2.17. The highest BCUT2D eigenvalue weighted by molar-refractivity contribution is 6.08. The van der Waals surface area contributed by atoms with Crippen LogP contribution in [-0.2, 0) is 6.42 Å². The summed E-state index contributed by atoms with van der Waals surface area (Å²) in [5, 5.41) is 5.34. The van der Waals surface area contributed by atoms with Gasteiger partial charge in [-0.25, -0.2) is 10.4 Å². The van der Waals surface area contributed by atoms with Crippen molar-refractivity contribution in [1.82, 2.24) is 10.4 Å². The van der Waals surface area contributed by atoms with Crippen LogP contribution in [0.1, 0.15) is 39.9 Å². The molecule has 0 atom stereocenters. The normalized spacial score (nSPS) is 14.4. The molecule has 0 fully saturated rings. The van der Waals surface area contributed by atoms with Crippen LogP contribution in [0.3, 0.4) is 0 Å². The lowest BCUT2D eigenvalue weighted by molar-refractivity contribution is 0.0956. The van der Waals surface area contributed by atoms with Crippen molar-refractivity contribution in [3.63, 3.8) is 0 Å². The van der Waals surface area contributed by atoms with Crippen molar-refractivity contribution in [2.24, 2.45) is 5.10 Å². The Bertz CT molecular complexity index is 1310.